The fourth-order valence-corrected chi connectivity index (χ4v) is 1.13. The van der Waals surface area contributed by atoms with Gasteiger partial charge in [0.25, 0.3) is 0 Å². The molecule has 0 radical (unpaired) electrons. The van der Waals surface area contributed by atoms with Crippen LogP contribution in [0, 0.1) is 6.92 Å². The Morgan fingerprint density at radius 1 is 1.33 bits per heavy atom. The van der Waals surface area contributed by atoms with E-state index in [9.17, 15) is 0 Å². The molecule has 0 aromatic carbocycles. The van der Waals surface area contributed by atoms with E-state index in [0.29, 0.717) is 0 Å². The molecule has 0 atom stereocenters. The van der Waals surface area contributed by atoms with Gasteiger partial charge in [0, 0.05) is 23.5 Å². The van der Waals surface area contributed by atoms with Gasteiger partial charge in [0.05, 0.1) is 6.26 Å². The fourth-order valence-electron chi connectivity index (χ4n) is 1.13. The molecule has 2 nitrogen and oxygen atoms in total. The monoisotopic (exact) mass is 159 g/mol. The van der Waals surface area contributed by atoms with Gasteiger partial charge in [0.2, 0.25) is 0 Å². The Kier molecular flexibility index (Phi) is 1.67. The minimum Gasteiger partial charge on any atom is -0.469 e. The topological polar surface area (TPSA) is 26.0 Å². The quantitative estimate of drug-likeness (QED) is 0.639. The molecule has 0 spiro atoms. The van der Waals surface area contributed by atoms with Gasteiger partial charge in [0.15, 0.2) is 0 Å². The highest BCUT2D eigenvalue weighted by molar-refractivity contribution is 5.61. The molecule has 0 N–H and O–H groups in total. The van der Waals surface area contributed by atoms with Crippen LogP contribution in [0.25, 0.3) is 11.1 Å². The lowest BCUT2D eigenvalue weighted by Crippen LogP contribution is -1.73. The molecular formula is C10H9NO. The second kappa shape index (κ2) is 2.81. The summed E-state index contributed by atoms with van der Waals surface area (Å²) >= 11 is 0. The molecule has 2 aromatic heterocycles. The average molecular weight is 159 g/mol. The lowest BCUT2D eigenvalue weighted by Gasteiger charge is -1.91. The minimum atomic E-state index is 0.925. The van der Waals surface area contributed by atoms with Crippen LogP contribution >= 0.6 is 0 Å². The Hall–Kier alpha value is -1.57. The zero-order chi connectivity index (χ0) is 8.39. The highest BCUT2D eigenvalue weighted by Gasteiger charge is 1.99. The molecule has 0 saturated heterocycles. The van der Waals surface area contributed by atoms with E-state index in [2.05, 4.69) is 4.98 Å². The van der Waals surface area contributed by atoms with Crippen LogP contribution in [0.3, 0.4) is 0 Å². The van der Waals surface area contributed by atoms with Gasteiger partial charge in [-0.3, -0.25) is 4.98 Å². The maximum atomic E-state index is 5.19. The molecule has 0 aliphatic rings. The molecule has 12 heavy (non-hydrogen) atoms. The van der Waals surface area contributed by atoms with Gasteiger partial charge in [-0.15, -0.1) is 0 Å². The molecule has 2 rings (SSSR count). The van der Waals surface area contributed by atoms with Crippen molar-refractivity contribution in [2.75, 3.05) is 0 Å². The van der Waals surface area contributed by atoms with E-state index in [1.54, 1.807) is 12.5 Å². The predicted octanol–water partition coefficient (Wildman–Crippen LogP) is 2.65. The van der Waals surface area contributed by atoms with Crippen LogP contribution in [0.2, 0.25) is 0 Å². The van der Waals surface area contributed by atoms with Gasteiger partial charge in [-0.2, -0.15) is 0 Å². The second-order valence-electron chi connectivity index (χ2n) is 2.69. The third kappa shape index (κ3) is 1.23. The molecule has 60 valence electrons. The first-order valence-electron chi connectivity index (χ1n) is 3.82. The molecule has 2 aromatic rings. The summed E-state index contributed by atoms with van der Waals surface area (Å²) in [4.78, 5) is 4.03. The van der Waals surface area contributed by atoms with E-state index >= 15 is 0 Å². The molecule has 0 aliphatic carbocycles. The van der Waals surface area contributed by atoms with Gasteiger partial charge < -0.3 is 4.42 Å². The highest BCUT2D eigenvalue weighted by Crippen LogP contribution is 2.19. The van der Waals surface area contributed by atoms with Crippen LogP contribution < -0.4 is 0 Å². The second-order valence-corrected chi connectivity index (χ2v) is 2.69. The molecule has 0 unspecified atom stereocenters. The van der Waals surface area contributed by atoms with Crippen LogP contribution in [0.15, 0.2) is 41.3 Å². The van der Waals surface area contributed by atoms with Crippen LogP contribution in [0.5, 0.6) is 0 Å². The van der Waals surface area contributed by atoms with Gasteiger partial charge in [-0.1, -0.05) is 6.07 Å². The van der Waals surface area contributed by atoms with Crippen LogP contribution in [0.1, 0.15) is 5.76 Å². The molecule has 0 aliphatic heterocycles. The Labute approximate surface area is 70.9 Å². The van der Waals surface area contributed by atoms with Gasteiger partial charge in [-0.05, 0) is 19.1 Å². The summed E-state index contributed by atoms with van der Waals surface area (Å²) in [6.45, 7) is 1.93. The number of aromatic nitrogens is 1. The summed E-state index contributed by atoms with van der Waals surface area (Å²) in [7, 11) is 0. The number of hydrogen-bond donors (Lipinski definition) is 0. The van der Waals surface area contributed by atoms with Gasteiger partial charge >= 0.3 is 0 Å². The molecular weight excluding hydrogens is 150 g/mol. The van der Waals surface area contributed by atoms with Crippen LogP contribution in [-0.2, 0) is 0 Å². The van der Waals surface area contributed by atoms with Crippen molar-refractivity contribution >= 4 is 0 Å². The number of furan rings is 1. The summed E-state index contributed by atoms with van der Waals surface area (Å²) in [6.07, 6.45) is 5.33. The Bertz CT molecular complexity index is 364. The third-order valence-electron chi connectivity index (χ3n) is 1.73. The van der Waals surface area contributed by atoms with Gasteiger partial charge in [-0.25, -0.2) is 0 Å². The molecule has 2 heteroatoms. The number of aryl methyl sites for hydroxylation is 1. The number of nitrogens with zero attached hydrogens (tertiary/aromatic N) is 1. The van der Waals surface area contributed by atoms with E-state index in [1.807, 2.05) is 31.3 Å². The minimum absolute atomic E-state index is 0.925. The normalized spacial score (nSPS) is 10.1. The lowest BCUT2D eigenvalue weighted by atomic mass is 10.1. The number of hydrogen-bond acceptors (Lipinski definition) is 2. The first kappa shape index (κ1) is 7.10. The van der Waals surface area contributed by atoms with Crippen LogP contribution in [0.4, 0.5) is 0 Å². The highest BCUT2D eigenvalue weighted by atomic mass is 16.3. The van der Waals surface area contributed by atoms with Gasteiger partial charge in [0.1, 0.15) is 5.76 Å². The maximum Gasteiger partial charge on any atom is 0.101 e. The number of pyridine rings is 1. The zero-order valence-corrected chi connectivity index (χ0v) is 6.82. The maximum absolute atomic E-state index is 5.19. The summed E-state index contributed by atoms with van der Waals surface area (Å²) < 4.78 is 5.19. The Morgan fingerprint density at radius 2 is 2.25 bits per heavy atom. The number of rotatable bonds is 1. The van der Waals surface area contributed by atoms with Crippen molar-refractivity contribution in [1.82, 2.24) is 4.98 Å². The standard InChI is InChI=1S/C10H9NO/c1-8-5-10(7-12-8)9-3-2-4-11-6-9/h2-7H,1H3. The predicted molar refractivity (Wildman–Crippen MR) is 46.7 cm³/mol. The first-order valence-corrected chi connectivity index (χ1v) is 3.82. The smallest absolute Gasteiger partial charge is 0.101 e. The van der Waals surface area contributed by atoms with Crippen molar-refractivity contribution in [2.45, 2.75) is 6.92 Å². The first-order chi connectivity index (χ1) is 5.86. The molecule has 2 heterocycles. The summed E-state index contributed by atoms with van der Waals surface area (Å²) in [5.41, 5.74) is 2.18. The van der Waals surface area contributed by atoms with Crippen molar-refractivity contribution < 1.29 is 4.42 Å². The fraction of sp³-hybridized carbons (Fsp3) is 0.100. The van der Waals surface area contributed by atoms with Crippen molar-refractivity contribution in [1.29, 1.82) is 0 Å². The lowest BCUT2D eigenvalue weighted by molar-refractivity contribution is 0.535. The van der Waals surface area contributed by atoms with Crippen molar-refractivity contribution in [2.24, 2.45) is 0 Å². The van der Waals surface area contributed by atoms with E-state index < -0.39 is 0 Å². The SMILES string of the molecule is Cc1cc(-c2cccnc2)co1. The summed E-state index contributed by atoms with van der Waals surface area (Å²) in [6, 6.07) is 5.92. The third-order valence-corrected chi connectivity index (χ3v) is 1.73. The summed E-state index contributed by atoms with van der Waals surface area (Å²) in [5.74, 6) is 0.925. The summed E-state index contributed by atoms with van der Waals surface area (Å²) in [5, 5.41) is 0. The van der Waals surface area contributed by atoms with Crippen molar-refractivity contribution in [3.05, 3.63) is 42.6 Å². The van der Waals surface area contributed by atoms with Crippen molar-refractivity contribution in [3.8, 4) is 11.1 Å². The van der Waals surface area contributed by atoms with E-state index in [4.69, 9.17) is 4.42 Å². The van der Waals surface area contributed by atoms with Crippen molar-refractivity contribution in [3.63, 3.8) is 0 Å². The average Bonchev–Trinajstić information content (AvgIpc) is 2.54. The Balaban J connectivity index is 2.45. The van der Waals surface area contributed by atoms with E-state index in [0.717, 1.165) is 16.9 Å². The Morgan fingerprint density at radius 3 is 2.83 bits per heavy atom. The van der Waals surface area contributed by atoms with E-state index in [1.165, 1.54) is 0 Å². The molecule has 0 fully saturated rings. The molecule has 0 saturated carbocycles. The van der Waals surface area contributed by atoms with E-state index in [-0.39, 0.29) is 0 Å². The molecule has 0 bridgehead atoms. The largest absolute Gasteiger partial charge is 0.469 e. The van der Waals surface area contributed by atoms with Crippen LogP contribution in [-0.4, -0.2) is 4.98 Å². The zero-order valence-electron chi connectivity index (χ0n) is 6.82. The molecule has 0 amide bonds.